The number of hydrogen-bond donors (Lipinski definition) is 1. The number of rotatable bonds is 2. The van der Waals surface area contributed by atoms with Gasteiger partial charge in [0.15, 0.2) is 0 Å². The molecule has 0 bridgehead atoms. The second-order valence-electron chi connectivity index (χ2n) is 4.23. The molecule has 0 aliphatic carbocycles. The van der Waals surface area contributed by atoms with Gasteiger partial charge in [0.05, 0.1) is 0 Å². The van der Waals surface area contributed by atoms with Crippen LogP contribution in [0.4, 0.5) is 5.82 Å². The number of amides is 1. The van der Waals surface area contributed by atoms with E-state index in [4.69, 9.17) is 5.73 Å². The first-order valence-electron chi connectivity index (χ1n) is 5.74. The number of carbonyl (C=O) groups excluding carboxylic acids is 1. The lowest BCUT2D eigenvalue weighted by atomic mass is 10.2. The summed E-state index contributed by atoms with van der Waals surface area (Å²) in [7, 11) is 0. The van der Waals surface area contributed by atoms with Crippen LogP contribution in [0.1, 0.15) is 24.3 Å². The van der Waals surface area contributed by atoms with Gasteiger partial charge in [0.25, 0.3) is 5.91 Å². The van der Waals surface area contributed by atoms with Crippen molar-refractivity contribution in [2.75, 3.05) is 31.9 Å². The summed E-state index contributed by atoms with van der Waals surface area (Å²) in [5.41, 5.74) is 5.62. The molecule has 1 aromatic heterocycles. The molecular weight excluding hydrogens is 222 g/mol. The van der Waals surface area contributed by atoms with Crippen LogP contribution in [0.2, 0.25) is 0 Å². The molecule has 1 aromatic rings. The van der Waals surface area contributed by atoms with Crippen LogP contribution in [0.3, 0.4) is 0 Å². The van der Waals surface area contributed by atoms with E-state index in [2.05, 4.69) is 33.7 Å². The third-order valence-electron chi connectivity index (χ3n) is 3.17. The second-order valence-corrected chi connectivity index (χ2v) is 4.23. The zero-order valence-electron chi connectivity index (χ0n) is 10.1. The molecule has 7 nitrogen and oxygen atoms in total. The van der Waals surface area contributed by atoms with Gasteiger partial charge < -0.3 is 10.6 Å². The third kappa shape index (κ3) is 2.23. The first kappa shape index (κ1) is 11.8. The summed E-state index contributed by atoms with van der Waals surface area (Å²) in [4.78, 5) is 16.2. The molecule has 0 spiro atoms. The van der Waals surface area contributed by atoms with E-state index in [1.807, 2.05) is 0 Å². The predicted octanol–water partition coefficient (Wildman–Crippen LogP) is -0.182. The normalized spacial score (nSPS) is 21.8. The number of nitrogens with two attached hydrogens (primary N) is 1. The molecule has 1 aliphatic rings. The average Bonchev–Trinajstić information content (AvgIpc) is 2.74. The highest BCUT2D eigenvalue weighted by Crippen LogP contribution is 2.14. The number of piperazine rings is 1. The molecule has 1 aliphatic heterocycles. The maximum absolute atomic E-state index is 12.1. The van der Waals surface area contributed by atoms with Gasteiger partial charge >= 0.3 is 0 Å². The summed E-state index contributed by atoms with van der Waals surface area (Å²) in [5.74, 6) is -0.146. The van der Waals surface area contributed by atoms with E-state index in [-0.39, 0.29) is 17.4 Å². The summed E-state index contributed by atoms with van der Waals surface area (Å²) in [5, 5.41) is 6.96. The van der Waals surface area contributed by atoms with Gasteiger partial charge in [0.1, 0.15) is 0 Å². The van der Waals surface area contributed by atoms with Crippen molar-refractivity contribution in [3.05, 3.63) is 5.69 Å². The molecular formula is C10H17N5O2. The van der Waals surface area contributed by atoms with Crippen LogP contribution in [-0.4, -0.2) is 58.2 Å². The number of carbonyl (C=O) groups is 1. The SMILES string of the molecule is CCN1CCN(C(=O)c2nonc2N)CC1C. The van der Waals surface area contributed by atoms with Gasteiger partial charge in [0.2, 0.25) is 11.5 Å². The van der Waals surface area contributed by atoms with E-state index in [1.54, 1.807) is 4.90 Å². The summed E-state index contributed by atoms with van der Waals surface area (Å²) in [6.07, 6.45) is 0. The van der Waals surface area contributed by atoms with Crippen molar-refractivity contribution in [1.82, 2.24) is 20.1 Å². The molecule has 0 radical (unpaired) electrons. The number of likely N-dealkylation sites (N-methyl/N-ethyl adjacent to an activating group) is 1. The van der Waals surface area contributed by atoms with Crippen LogP contribution in [-0.2, 0) is 0 Å². The van der Waals surface area contributed by atoms with Crippen molar-refractivity contribution in [2.45, 2.75) is 19.9 Å². The Kier molecular flexibility index (Phi) is 3.28. The Morgan fingerprint density at radius 1 is 1.53 bits per heavy atom. The number of nitrogen functional groups attached to an aromatic ring is 1. The largest absolute Gasteiger partial charge is 0.379 e. The summed E-state index contributed by atoms with van der Waals surface area (Å²) in [6.45, 7) is 7.45. The molecule has 2 N–H and O–H groups in total. The Bertz CT molecular complexity index is 405. The fraction of sp³-hybridized carbons (Fsp3) is 0.700. The number of anilines is 1. The maximum Gasteiger partial charge on any atom is 0.280 e. The molecule has 1 amide bonds. The van der Waals surface area contributed by atoms with E-state index >= 15 is 0 Å². The highest BCUT2D eigenvalue weighted by molar-refractivity contribution is 5.96. The van der Waals surface area contributed by atoms with Crippen LogP contribution in [0.15, 0.2) is 4.63 Å². The highest BCUT2D eigenvalue weighted by atomic mass is 16.6. The molecule has 2 heterocycles. The molecule has 17 heavy (non-hydrogen) atoms. The molecule has 1 fully saturated rings. The summed E-state index contributed by atoms with van der Waals surface area (Å²) < 4.78 is 4.44. The zero-order chi connectivity index (χ0) is 12.4. The van der Waals surface area contributed by atoms with Gasteiger partial charge in [-0.1, -0.05) is 6.92 Å². The topological polar surface area (TPSA) is 88.5 Å². The van der Waals surface area contributed by atoms with Crippen LogP contribution in [0, 0.1) is 0 Å². The molecule has 1 unspecified atom stereocenters. The van der Waals surface area contributed by atoms with Crippen LogP contribution in [0.5, 0.6) is 0 Å². The lowest BCUT2D eigenvalue weighted by Crippen LogP contribution is -2.53. The van der Waals surface area contributed by atoms with E-state index in [1.165, 1.54) is 0 Å². The quantitative estimate of drug-likeness (QED) is 0.770. The van der Waals surface area contributed by atoms with Gasteiger partial charge in [-0.2, -0.15) is 0 Å². The van der Waals surface area contributed by atoms with Gasteiger partial charge in [-0.15, -0.1) is 0 Å². The zero-order valence-corrected chi connectivity index (χ0v) is 10.1. The molecule has 2 rings (SSSR count). The minimum absolute atomic E-state index is 0.0561. The fourth-order valence-corrected chi connectivity index (χ4v) is 2.14. The molecule has 1 atom stereocenters. The molecule has 1 saturated heterocycles. The van der Waals surface area contributed by atoms with Crippen LogP contribution >= 0.6 is 0 Å². The minimum atomic E-state index is -0.202. The molecule has 7 heteroatoms. The first-order chi connectivity index (χ1) is 8.13. The smallest absolute Gasteiger partial charge is 0.280 e. The number of hydrogen-bond acceptors (Lipinski definition) is 6. The van der Waals surface area contributed by atoms with Crippen LogP contribution < -0.4 is 5.73 Å². The van der Waals surface area contributed by atoms with Gasteiger partial charge in [-0.25, -0.2) is 4.63 Å². The minimum Gasteiger partial charge on any atom is -0.379 e. The standard InChI is InChI=1S/C10H17N5O2/c1-3-14-4-5-15(6-7(14)2)10(16)8-9(11)13-17-12-8/h7H,3-6H2,1-2H3,(H2,11,13). The predicted molar refractivity (Wildman–Crippen MR) is 61.3 cm³/mol. The lowest BCUT2D eigenvalue weighted by Gasteiger charge is -2.38. The molecule has 0 aromatic carbocycles. The van der Waals surface area contributed by atoms with E-state index in [9.17, 15) is 4.79 Å². The van der Waals surface area contributed by atoms with Gasteiger partial charge in [-0.05, 0) is 23.8 Å². The average molecular weight is 239 g/mol. The van der Waals surface area contributed by atoms with Crippen molar-refractivity contribution >= 4 is 11.7 Å². The Labute approximate surface area is 99.5 Å². The summed E-state index contributed by atoms with van der Waals surface area (Å²) >= 11 is 0. The van der Waals surface area contributed by atoms with Crippen molar-refractivity contribution in [3.8, 4) is 0 Å². The Morgan fingerprint density at radius 3 is 2.82 bits per heavy atom. The van der Waals surface area contributed by atoms with E-state index in [0.29, 0.717) is 19.1 Å². The van der Waals surface area contributed by atoms with Gasteiger partial charge in [-0.3, -0.25) is 9.69 Å². The lowest BCUT2D eigenvalue weighted by molar-refractivity contribution is 0.0519. The monoisotopic (exact) mass is 239 g/mol. The van der Waals surface area contributed by atoms with E-state index in [0.717, 1.165) is 13.1 Å². The van der Waals surface area contributed by atoms with Crippen molar-refractivity contribution in [2.24, 2.45) is 0 Å². The number of nitrogens with zero attached hydrogens (tertiary/aromatic N) is 4. The van der Waals surface area contributed by atoms with Crippen molar-refractivity contribution in [1.29, 1.82) is 0 Å². The van der Waals surface area contributed by atoms with E-state index < -0.39 is 0 Å². The Morgan fingerprint density at radius 2 is 2.29 bits per heavy atom. The Hall–Kier alpha value is -1.63. The van der Waals surface area contributed by atoms with Crippen molar-refractivity contribution in [3.63, 3.8) is 0 Å². The second kappa shape index (κ2) is 4.70. The third-order valence-corrected chi connectivity index (χ3v) is 3.17. The molecule has 94 valence electrons. The highest BCUT2D eigenvalue weighted by Gasteiger charge is 2.29. The Balaban J connectivity index is 2.05. The van der Waals surface area contributed by atoms with Crippen molar-refractivity contribution < 1.29 is 9.42 Å². The van der Waals surface area contributed by atoms with Gasteiger partial charge in [0, 0.05) is 25.7 Å². The molecule has 0 saturated carbocycles. The fourth-order valence-electron chi connectivity index (χ4n) is 2.14. The first-order valence-corrected chi connectivity index (χ1v) is 5.74. The maximum atomic E-state index is 12.1. The number of aromatic nitrogens is 2. The summed E-state index contributed by atoms with van der Waals surface area (Å²) in [6, 6.07) is 0.346. The van der Waals surface area contributed by atoms with Crippen LogP contribution in [0.25, 0.3) is 0 Å².